The Morgan fingerprint density at radius 2 is 1.92 bits per heavy atom. The van der Waals surface area contributed by atoms with Crippen LogP contribution in [-0.2, 0) is 0 Å². The van der Waals surface area contributed by atoms with Crippen molar-refractivity contribution in [3.8, 4) is 0 Å². The van der Waals surface area contributed by atoms with Crippen molar-refractivity contribution >= 4 is 0 Å². The smallest absolute Gasteiger partial charge is 0.0196 e. The summed E-state index contributed by atoms with van der Waals surface area (Å²) in [7, 11) is 0. The normalized spacial score (nSPS) is 26.2. The van der Waals surface area contributed by atoms with E-state index in [9.17, 15) is 0 Å². The second-order valence-electron chi connectivity index (χ2n) is 4.53. The van der Waals surface area contributed by atoms with Gasteiger partial charge in [-0.1, -0.05) is 26.0 Å². The molecule has 0 amide bonds. The number of nitrogens with zero attached hydrogens (tertiary/aromatic N) is 1. The number of rotatable bonds is 2. The van der Waals surface area contributed by atoms with Gasteiger partial charge < -0.3 is 0 Å². The Morgan fingerprint density at radius 3 is 2.25 bits per heavy atom. The zero-order valence-corrected chi connectivity index (χ0v) is 8.80. The van der Waals surface area contributed by atoms with E-state index >= 15 is 0 Å². The molecule has 0 aliphatic carbocycles. The van der Waals surface area contributed by atoms with Gasteiger partial charge in [0.15, 0.2) is 0 Å². The predicted molar refractivity (Wildman–Crippen MR) is 54.2 cm³/mol. The van der Waals surface area contributed by atoms with E-state index in [1.54, 1.807) is 0 Å². The summed E-state index contributed by atoms with van der Waals surface area (Å²) in [6.07, 6.45) is 1.20. The van der Waals surface area contributed by atoms with Crippen LogP contribution in [-0.4, -0.2) is 23.5 Å². The molecule has 0 aromatic rings. The zero-order chi connectivity index (χ0) is 9.30. The highest BCUT2D eigenvalue weighted by Gasteiger charge is 2.30. The van der Waals surface area contributed by atoms with Crippen LogP contribution < -0.4 is 0 Å². The lowest BCUT2D eigenvalue weighted by atomic mass is 10.0. The van der Waals surface area contributed by atoms with Crippen molar-refractivity contribution < 1.29 is 0 Å². The van der Waals surface area contributed by atoms with E-state index < -0.39 is 0 Å². The zero-order valence-electron chi connectivity index (χ0n) is 8.80. The topological polar surface area (TPSA) is 3.24 Å². The van der Waals surface area contributed by atoms with E-state index in [4.69, 9.17) is 0 Å². The van der Waals surface area contributed by atoms with Gasteiger partial charge in [-0.15, -0.1) is 0 Å². The van der Waals surface area contributed by atoms with E-state index in [1.165, 1.54) is 12.0 Å². The maximum Gasteiger partial charge on any atom is 0.0196 e. The van der Waals surface area contributed by atoms with E-state index in [-0.39, 0.29) is 0 Å². The molecule has 0 N–H and O–H groups in total. The van der Waals surface area contributed by atoms with Crippen molar-refractivity contribution in [3.05, 3.63) is 12.2 Å². The predicted octanol–water partition coefficient (Wildman–Crippen LogP) is 2.68. The first-order valence-corrected chi connectivity index (χ1v) is 4.94. The first-order chi connectivity index (χ1) is 5.52. The van der Waals surface area contributed by atoms with Crippen molar-refractivity contribution in [2.45, 2.75) is 46.2 Å². The third kappa shape index (κ3) is 1.89. The van der Waals surface area contributed by atoms with Crippen molar-refractivity contribution in [1.29, 1.82) is 0 Å². The third-order valence-corrected chi connectivity index (χ3v) is 2.76. The molecular formula is C11H21N. The Hall–Kier alpha value is -0.300. The van der Waals surface area contributed by atoms with Crippen molar-refractivity contribution in [3.63, 3.8) is 0 Å². The van der Waals surface area contributed by atoms with E-state index in [0.29, 0.717) is 6.04 Å². The molecule has 0 aromatic carbocycles. The molecule has 1 unspecified atom stereocenters. The minimum absolute atomic E-state index is 0.664. The Kier molecular flexibility index (Phi) is 2.94. The second kappa shape index (κ2) is 3.61. The molecule has 0 bridgehead atoms. The number of likely N-dealkylation sites (tertiary alicyclic amines) is 1. The molecule has 0 spiro atoms. The summed E-state index contributed by atoms with van der Waals surface area (Å²) in [4.78, 5) is 2.56. The average Bonchev–Trinajstić information content (AvgIpc) is 2.31. The largest absolute Gasteiger partial charge is 0.294 e. The molecule has 70 valence electrons. The molecule has 1 saturated heterocycles. The van der Waals surface area contributed by atoms with Crippen molar-refractivity contribution in [2.75, 3.05) is 6.54 Å². The number of hydrogen-bond donors (Lipinski definition) is 0. The van der Waals surface area contributed by atoms with Crippen LogP contribution in [0.25, 0.3) is 0 Å². The number of hydrogen-bond acceptors (Lipinski definition) is 1. The molecule has 0 saturated carbocycles. The minimum atomic E-state index is 0.664. The SMILES string of the molecule is C=C1CC(C(C)C)N(C(C)C)C1. The van der Waals surface area contributed by atoms with Crippen LogP contribution in [0.5, 0.6) is 0 Å². The lowest BCUT2D eigenvalue weighted by Gasteiger charge is -2.30. The van der Waals surface area contributed by atoms with Gasteiger partial charge in [-0.2, -0.15) is 0 Å². The summed E-state index contributed by atoms with van der Waals surface area (Å²) in [5.41, 5.74) is 1.41. The molecule has 1 rings (SSSR count). The van der Waals surface area contributed by atoms with Gasteiger partial charge >= 0.3 is 0 Å². The highest BCUT2D eigenvalue weighted by atomic mass is 15.2. The molecule has 1 fully saturated rings. The fraction of sp³-hybridized carbons (Fsp3) is 0.818. The van der Waals surface area contributed by atoms with Crippen LogP contribution >= 0.6 is 0 Å². The van der Waals surface area contributed by atoms with Crippen molar-refractivity contribution in [1.82, 2.24) is 4.90 Å². The summed E-state index contributed by atoms with van der Waals surface area (Å²) in [5, 5.41) is 0. The lowest BCUT2D eigenvalue weighted by molar-refractivity contribution is 0.166. The highest BCUT2D eigenvalue weighted by molar-refractivity contribution is 5.09. The van der Waals surface area contributed by atoms with E-state index in [0.717, 1.165) is 18.5 Å². The Morgan fingerprint density at radius 1 is 1.33 bits per heavy atom. The average molecular weight is 167 g/mol. The van der Waals surface area contributed by atoms with Crippen LogP contribution in [0.3, 0.4) is 0 Å². The van der Waals surface area contributed by atoms with Crippen LogP contribution in [0.4, 0.5) is 0 Å². The Balaban J connectivity index is 2.65. The van der Waals surface area contributed by atoms with Crippen LogP contribution in [0.1, 0.15) is 34.1 Å². The summed E-state index contributed by atoms with van der Waals surface area (Å²) in [6.45, 7) is 14.3. The Bertz CT molecular complexity index is 152. The fourth-order valence-corrected chi connectivity index (χ4v) is 2.04. The molecule has 1 heterocycles. The lowest BCUT2D eigenvalue weighted by Crippen LogP contribution is -2.38. The van der Waals surface area contributed by atoms with Crippen molar-refractivity contribution in [2.24, 2.45) is 5.92 Å². The summed E-state index contributed by atoms with van der Waals surface area (Å²) < 4.78 is 0. The molecule has 1 nitrogen and oxygen atoms in total. The standard InChI is InChI=1S/C11H21N/c1-8(2)11-6-10(5)7-12(11)9(3)4/h8-9,11H,5-7H2,1-4H3. The third-order valence-electron chi connectivity index (χ3n) is 2.76. The van der Waals surface area contributed by atoms with Gasteiger partial charge in [-0.3, -0.25) is 4.90 Å². The second-order valence-corrected chi connectivity index (χ2v) is 4.53. The molecule has 1 heteroatoms. The van der Waals surface area contributed by atoms with Crippen LogP contribution in [0.2, 0.25) is 0 Å². The van der Waals surface area contributed by atoms with E-state index in [2.05, 4.69) is 39.2 Å². The molecule has 0 aromatic heterocycles. The first kappa shape index (κ1) is 9.79. The maximum absolute atomic E-state index is 4.08. The van der Waals surface area contributed by atoms with Gasteiger partial charge in [-0.05, 0) is 26.2 Å². The van der Waals surface area contributed by atoms with Gasteiger partial charge in [0.2, 0.25) is 0 Å². The summed E-state index contributed by atoms with van der Waals surface area (Å²) in [5.74, 6) is 0.756. The van der Waals surface area contributed by atoms with Gasteiger partial charge in [0.05, 0.1) is 0 Å². The van der Waals surface area contributed by atoms with Crippen LogP contribution in [0, 0.1) is 5.92 Å². The summed E-state index contributed by atoms with van der Waals surface area (Å²) >= 11 is 0. The molecule has 1 atom stereocenters. The van der Waals surface area contributed by atoms with Gasteiger partial charge in [-0.25, -0.2) is 0 Å². The fourth-order valence-electron chi connectivity index (χ4n) is 2.04. The molecule has 1 aliphatic heterocycles. The van der Waals surface area contributed by atoms with Crippen LogP contribution in [0.15, 0.2) is 12.2 Å². The highest BCUT2D eigenvalue weighted by Crippen LogP contribution is 2.28. The van der Waals surface area contributed by atoms with Gasteiger partial charge in [0, 0.05) is 18.6 Å². The minimum Gasteiger partial charge on any atom is -0.294 e. The first-order valence-electron chi connectivity index (χ1n) is 4.94. The molecule has 1 aliphatic rings. The molecule has 0 radical (unpaired) electrons. The van der Waals surface area contributed by atoms with Gasteiger partial charge in [0.25, 0.3) is 0 Å². The summed E-state index contributed by atoms with van der Waals surface area (Å²) in [6, 6.07) is 1.40. The maximum atomic E-state index is 4.08. The quantitative estimate of drug-likeness (QED) is 0.572. The Labute approximate surface area is 76.5 Å². The molecule has 12 heavy (non-hydrogen) atoms. The molecular weight excluding hydrogens is 146 g/mol. The van der Waals surface area contributed by atoms with E-state index in [1.807, 2.05) is 0 Å². The monoisotopic (exact) mass is 167 g/mol. The van der Waals surface area contributed by atoms with Gasteiger partial charge in [0.1, 0.15) is 0 Å².